The molecule has 3 rings (SSSR count). The second-order valence-electron chi connectivity index (χ2n) is 7.11. The van der Waals surface area contributed by atoms with Crippen molar-refractivity contribution in [2.24, 2.45) is 0 Å². The fourth-order valence-electron chi connectivity index (χ4n) is 3.05. The smallest absolute Gasteiger partial charge is 0.337 e. The molecular formula is C26H20ClFN2O5. The van der Waals surface area contributed by atoms with Gasteiger partial charge in [-0.3, -0.25) is 4.79 Å². The lowest BCUT2D eigenvalue weighted by molar-refractivity contribution is -0.112. The summed E-state index contributed by atoms with van der Waals surface area (Å²) in [5.74, 6) is -1.13. The molecule has 0 atom stereocenters. The van der Waals surface area contributed by atoms with E-state index >= 15 is 0 Å². The van der Waals surface area contributed by atoms with Gasteiger partial charge in [-0.05, 0) is 54.1 Å². The summed E-state index contributed by atoms with van der Waals surface area (Å²) >= 11 is 6.36. The van der Waals surface area contributed by atoms with E-state index in [2.05, 4.69) is 10.1 Å². The number of hydrogen-bond donors (Lipinski definition) is 1. The molecule has 0 aliphatic rings. The molecule has 1 N–H and O–H groups in total. The minimum atomic E-state index is -0.659. The molecule has 35 heavy (non-hydrogen) atoms. The van der Waals surface area contributed by atoms with Crippen LogP contribution in [0.4, 0.5) is 10.1 Å². The molecule has 0 aromatic heterocycles. The van der Waals surface area contributed by atoms with E-state index in [1.807, 2.05) is 6.07 Å². The van der Waals surface area contributed by atoms with Gasteiger partial charge in [0.15, 0.2) is 11.5 Å². The third kappa shape index (κ3) is 6.37. The highest BCUT2D eigenvalue weighted by Gasteiger charge is 2.15. The van der Waals surface area contributed by atoms with Crippen molar-refractivity contribution in [1.29, 1.82) is 5.26 Å². The zero-order valence-corrected chi connectivity index (χ0v) is 19.6. The summed E-state index contributed by atoms with van der Waals surface area (Å²) in [6.07, 6.45) is 1.34. The molecule has 0 spiro atoms. The van der Waals surface area contributed by atoms with Crippen molar-refractivity contribution >= 4 is 35.2 Å². The van der Waals surface area contributed by atoms with Crippen molar-refractivity contribution in [3.8, 4) is 17.6 Å². The molecule has 9 heteroatoms. The van der Waals surface area contributed by atoms with Gasteiger partial charge in [0.25, 0.3) is 5.91 Å². The second kappa shape index (κ2) is 11.7. The molecular weight excluding hydrogens is 475 g/mol. The Labute approximate surface area is 206 Å². The number of nitrogens with one attached hydrogen (secondary N) is 1. The molecule has 0 heterocycles. The van der Waals surface area contributed by atoms with Gasteiger partial charge >= 0.3 is 5.97 Å². The van der Waals surface area contributed by atoms with Crippen LogP contribution in [0.3, 0.4) is 0 Å². The van der Waals surface area contributed by atoms with Gasteiger partial charge < -0.3 is 19.5 Å². The van der Waals surface area contributed by atoms with Crippen LogP contribution < -0.4 is 14.8 Å². The molecule has 0 saturated carbocycles. The number of carbonyl (C=O) groups is 2. The lowest BCUT2D eigenvalue weighted by atomic mass is 10.1. The number of nitrogens with zero attached hydrogens (tertiary/aromatic N) is 1. The Hall–Kier alpha value is -4.35. The maximum Gasteiger partial charge on any atom is 0.337 e. The molecule has 178 valence electrons. The minimum absolute atomic E-state index is 0.0709. The molecule has 3 aromatic carbocycles. The van der Waals surface area contributed by atoms with Crippen molar-refractivity contribution in [2.45, 2.75) is 6.61 Å². The molecule has 0 fully saturated rings. The molecule has 0 bridgehead atoms. The van der Waals surface area contributed by atoms with E-state index in [0.717, 1.165) is 0 Å². The number of methoxy groups -OCH3 is 2. The summed E-state index contributed by atoms with van der Waals surface area (Å²) in [6, 6.07) is 17.1. The van der Waals surface area contributed by atoms with E-state index in [4.69, 9.17) is 21.1 Å². The Morgan fingerprint density at radius 3 is 2.46 bits per heavy atom. The first-order valence-corrected chi connectivity index (χ1v) is 10.6. The summed E-state index contributed by atoms with van der Waals surface area (Å²) in [4.78, 5) is 24.1. The summed E-state index contributed by atoms with van der Waals surface area (Å²) < 4.78 is 29.5. The topological polar surface area (TPSA) is 97.7 Å². The largest absolute Gasteiger partial charge is 0.493 e. The molecule has 0 aliphatic carbocycles. The van der Waals surface area contributed by atoms with E-state index < -0.39 is 17.7 Å². The zero-order valence-electron chi connectivity index (χ0n) is 18.8. The first-order valence-electron chi connectivity index (χ1n) is 10.2. The van der Waals surface area contributed by atoms with Crippen LogP contribution in [0.5, 0.6) is 11.5 Å². The fourth-order valence-corrected chi connectivity index (χ4v) is 3.32. The minimum Gasteiger partial charge on any atom is -0.493 e. The number of esters is 1. The normalized spacial score (nSPS) is 10.8. The summed E-state index contributed by atoms with van der Waals surface area (Å²) in [7, 11) is 2.68. The first-order chi connectivity index (χ1) is 16.9. The van der Waals surface area contributed by atoms with Crippen LogP contribution in [0.15, 0.2) is 66.2 Å². The summed E-state index contributed by atoms with van der Waals surface area (Å²) in [5.41, 5.74) is 1.27. The van der Waals surface area contributed by atoms with Gasteiger partial charge in [0.2, 0.25) is 0 Å². The highest BCUT2D eigenvalue weighted by Crippen LogP contribution is 2.37. The average Bonchev–Trinajstić information content (AvgIpc) is 2.87. The van der Waals surface area contributed by atoms with Crippen molar-refractivity contribution in [2.75, 3.05) is 19.5 Å². The highest BCUT2D eigenvalue weighted by atomic mass is 35.5. The quantitative estimate of drug-likeness (QED) is 0.256. The van der Waals surface area contributed by atoms with Crippen molar-refractivity contribution in [1.82, 2.24) is 0 Å². The van der Waals surface area contributed by atoms with E-state index in [1.54, 1.807) is 24.3 Å². The summed E-state index contributed by atoms with van der Waals surface area (Å²) in [5, 5.41) is 12.3. The number of rotatable bonds is 8. The maximum atomic E-state index is 13.9. The van der Waals surface area contributed by atoms with Gasteiger partial charge in [-0.1, -0.05) is 29.8 Å². The van der Waals surface area contributed by atoms with Gasteiger partial charge in [-0.25, -0.2) is 9.18 Å². The van der Waals surface area contributed by atoms with E-state index in [0.29, 0.717) is 22.4 Å². The van der Waals surface area contributed by atoms with Gasteiger partial charge in [-0.2, -0.15) is 5.26 Å². The molecule has 1 amide bonds. The SMILES string of the molecule is COC(=O)c1ccc(NC(=O)/C(C#N)=C/c2cc(Cl)c(OCc3ccccc3F)c(OC)c2)cc1. The zero-order chi connectivity index (χ0) is 25.4. The van der Waals surface area contributed by atoms with Gasteiger partial charge in [0.1, 0.15) is 24.1 Å². The van der Waals surface area contributed by atoms with Crippen molar-refractivity contribution in [3.63, 3.8) is 0 Å². The average molecular weight is 495 g/mol. The Morgan fingerprint density at radius 1 is 1.11 bits per heavy atom. The molecule has 0 aliphatic heterocycles. The Bertz CT molecular complexity index is 1320. The number of nitriles is 1. The molecule has 7 nitrogen and oxygen atoms in total. The molecule has 0 radical (unpaired) electrons. The fraction of sp³-hybridized carbons (Fsp3) is 0.115. The monoisotopic (exact) mass is 494 g/mol. The number of benzene rings is 3. The van der Waals surface area contributed by atoms with E-state index in [9.17, 15) is 19.2 Å². The van der Waals surface area contributed by atoms with Crippen LogP contribution in [0.25, 0.3) is 6.08 Å². The Morgan fingerprint density at radius 2 is 1.83 bits per heavy atom. The summed E-state index contributed by atoms with van der Waals surface area (Å²) in [6.45, 7) is -0.0709. The Kier molecular flexibility index (Phi) is 8.43. The number of amides is 1. The third-order valence-electron chi connectivity index (χ3n) is 4.82. The van der Waals surface area contributed by atoms with Crippen molar-refractivity contribution in [3.05, 3.63) is 93.8 Å². The van der Waals surface area contributed by atoms with Crippen LogP contribution in [0.1, 0.15) is 21.5 Å². The standard InChI is InChI=1S/C26H20ClFN2O5/c1-33-23-13-16(12-21(27)24(23)35-15-18-5-3-4-6-22(18)28)11-19(14-29)25(31)30-20-9-7-17(8-10-20)26(32)34-2/h3-13H,15H2,1-2H3,(H,30,31)/b19-11+. The number of ether oxygens (including phenoxy) is 3. The van der Waals surface area contributed by atoms with E-state index in [-0.39, 0.29) is 28.7 Å². The number of halogens is 2. The van der Waals surface area contributed by atoms with Crippen LogP contribution in [0.2, 0.25) is 5.02 Å². The lowest BCUT2D eigenvalue weighted by Gasteiger charge is -2.14. The van der Waals surface area contributed by atoms with Gasteiger partial charge in [0.05, 0.1) is 24.8 Å². The number of anilines is 1. The van der Waals surface area contributed by atoms with Crippen LogP contribution in [-0.2, 0) is 16.1 Å². The maximum absolute atomic E-state index is 13.9. The molecule has 0 unspecified atom stereocenters. The van der Waals surface area contributed by atoms with Crippen molar-refractivity contribution < 1.29 is 28.2 Å². The van der Waals surface area contributed by atoms with Gasteiger partial charge in [-0.15, -0.1) is 0 Å². The molecule has 0 saturated heterocycles. The lowest BCUT2D eigenvalue weighted by Crippen LogP contribution is -2.13. The van der Waals surface area contributed by atoms with E-state index in [1.165, 1.54) is 56.7 Å². The third-order valence-corrected chi connectivity index (χ3v) is 5.10. The van der Waals surface area contributed by atoms with Crippen LogP contribution in [-0.4, -0.2) is 26.1 Å². The molecule has 3 aromatic rings. The number of carbonyl (C=O) groups excluding carboxylic acids is 2. The predicted octanol–water partition coefficient (Wildman–Crippen LogP) is 5.40. The Balaban J connectivity index is 1.79. The van der Waals surface area contributed by atoms with Gasteiger partial charge in [0, 0.05) is 11.3 Å². The number of hydrogen-bond acceptors (Lipinski definition) is 6. The van der Waals surface area contributed by atoms with Crippen LogP contribution in [0, 0.1) is 17.1 Å². The van der Waals surface area contributed by atoms with Crippen LogP contribution >= 0.6 is 11.6 Å². The highest BCUT2D eigenvalue weighted by molar-refractivity contribution is 6.32. The first kappa shape index (κ1) is 25.3. The second-order valence-corrected chi connectivity index (χ2v) is 7.51. The predicted molar refractivity (Wildman–Crippen MR) is 129 cm³/mol.